The van der Waals surface area contributed by atoms with Gasteiger partial charge in [-0.25, -0.2) is 4.68 Å². The first-order valence-electron chi connectivity index (χ1n) is 4.96. The smallest absolute Gasteiger partial charge is 0.169 e. The number of rotatable bonds is 4. The molecule has 0 bridgehead atoms. The van der Waals surface area contributed by atoms with Gasteiger partial charge in [0.05, 0.1) is 18.8 Å². The van der Waals surface area contributed by atoms with Gasteiger partial charge in [0.1, 0.15) is 0 Å². The molecule has 0 aliphatic carbocycles. The van der Waals surface area contributed by atoms with Gasteiger partial charge in [-0.1, -0.05) is 12.1 Å². The zero-order chi connectivity index (χ0) is 10.7. The minimum Gasteiger partial charge on any atom is -0.381 e. The van der Waals surface area contributed by atoms with Gasteiger partial charge in [0.25, 0.3) is 0 Å². The SMILES string of the molecule is CCc1c(N)nnn1CCn1cccn1. The van der Waals surface area contributed by atoms with Crippen LogP contribution in [-0.4, -0.2) is 24.8 Å². The number of anilines is 1. The molecule has 2 heterocycles. The third kappa shape index (κ3) is 1.98. The number of hydrogen-bond donors (Lipinski definition) is 1. The van der Waals surface area contributed by atoms with Crippen molar-refractivity contribution < 1.29 is 0 Å². The van der Waals surface area contributed by atoms with Gasteiger partial charge in [-0.3, -0.25) is 4.68 Å². The Kier molecular flexibility index (Phi) is 2.66. The number of nitrogens with two attached hydrogens (primary N) is 1. The average molecular weight is 206 g/mol. The third-order valence-corrected chi connectivity index (χ3v) is 2.30. The van der Waals surface area contributed by atoms with E-state index in [-0.39, 0.29) is 0 Å². The van der Waals surface area contributed by atoms with Gasteiger partial charge in [-0.15, -0.1) is 5.10 Å². The molecule has 0 fully saturated rings. The monoisotopic (exact) mass is 206 g/mol. The van der Waals surface area contributed by atoms with Crippen molar-refractivity contribution in [2.24, 2.45) is 0 Å². The van der Waals surface area contributed by atoms with Crippen LogP contribution >= 0.6 is 0 Å². The maximum Gasteiger partial charge on any atom is 0.169 e. The second-order valence-electron chi connectivity index (χ2n) is 3.27. The number of aryl methyl sites for hydroxylation is 2. The predicted molar refractivity (Wildman–Crippen MR) is 56.0 cm³/mol. The quantitative estimate of drug-likeness (QED) is 0.781. The summed E-state index contributed by atoms with van der Waals surface area (Å²) >= 11 is 0. The molecule has 0 atom stereocenters. The largest absolute Gasteiger partial charge is 0.381 e. The van der Waals surface area contributed by atoms with Crippen LogP contribution in [0.4, 0.5) is 5.82 Å². The molecule has 2 rings (SSSR count). The summed E-state index contributed by atoms with van der Waals surface area (Å²) in [5.74, 6) is 0.526. The molecule has 80 valence electrons. The Morgan fingerprint density at radius 2 is 2.27 bits per heavy atom. The summed E-state index contributed by atoms with van der Waals surface area (Å²) in [7, 11) is 0. The minimum absolute atomic E-state index is 0.526. The molecule has 2 N–H and O–H groups in total. The molecule has 2 aromatic rings. The average Bonchev–Trinajstić information content (AvgIpc) is 2.84. The van der Waals surface area contributed by atoms with Crippen molar-refractivity contribution in [3.63, 3.8) is 0 Å². The van der Waals surface area contributed by atoms with Crippen LogP contribution in [0.2, 0.25) is 0 Å². The number of nitrogen functional groups attached to an aromatic ring is 1. The fourth-order valence-electron chi connectivity index (χ4n) is 1.52. The van der Waals surface area contributed by atoms with Crippen LogP contribution in [-0.2, 0) is 19.5 Å². The molecule has 0 aliphatic rings. The van der Waals surface area contributed by atoms with E-state index in [0.717, 1.165) is 25.2 Å². The van der Waals surface area contributed by atoms with Gasteiger partial charge in [-0.05, 0) is 12.5 Å². The van der Waals surface area contributed by atoms with Gasteiger partial charge in [0.2, 0.25) is 0 Å². The van der Waals surface area contributed by atoms with Crippen LogP contribution in [0.1, 0.15) is 12.6 Å². The lowest BCUT2D eigenvalue weighted by atomic mass is 10.3. The van der Waals surface area contributed by atoms with Gasteiger partial charge in [0.15, 0.2) is 5.82 Å². The summed E-state index contributed by atoms with van der Waals surface area (Å²) in [5.41, 5.74) is 6.67. The summed E-state index contributed by atoms with van der Waals surface area (Å²) in [5, 5.41) is 12.0. The first kappa shape index (κ1) is 9.70. The van der Waals surface area contributed by atoms with E-state index in [1.54, 1.807) is 6.20 Å². The lowest BCUT2D eigenvalue weighted by Crippen LogP contribution is -2.11. The molecule has 6 heteroatoms. The van der Waals surface area contributed by atoms with Gasteiger partial charge in [0, 0.05) is 12.4 Å². The van der Waals surface area contributed by atoms with E-state index < -0.39 is 0 Å². The van der Waals surface area contributed by atoms with Crippen LogP contribution in [0.3, 0.4) is 0 Å². The lowest BCUT2D eigenvalue weighted by molar-refractivity contribution is 0.478. The molecule has 15 heavy (non-hydrogen) atoms. The fraction of sp³-hybridized carbons (Fsp3) is 0.444. The second-order valence-corrected chi connectivity index (χ2v) is 3.27. The Hall–Kier alpha value is -1.85. The fourth-order valence-corrected chi connectivity index (χ4v) is 1.52. The highest BCUT2D eigenvalue weighted by Gasteiger charge is 2.07. The highest BCUT2D eigenvalue weighted by Crippen LogP contribution is 2.07. The topological polar surface area (TPSA) is 74.5 Å². The van der Waals surface area contributed by atoms with E-state index in [9.17, 15) is 0 Å². The first-order chi connectivity index (χ1) is 7.31. The maximum absolute atomic E-state index is 5.68. The summed E-state index contributed by atoms with van der Waals surface area (Å²) in [6.45, 7) is 3.57. The zero-order valence-electron chi connectivity index (χ0n) is 8.67. The van der Waals surface area contributed by atoms with E-state index in [0.29, 0.717) is 5.82 Å². The van der Waals surface area contributed by atoms with Gasteiger partial charge in [-0.2, -0.15) is 5.10 Å². The molecule has 0 aliphatic heterocycles. The number of hydrogen-bond acceptors (Lipinski definition) is 4. The van der Waals surface area contributed by atoms with Crippen molar-refractivity contribution in [1.29, 1.82) is 0 Å². The Morgan fingerprint density at radius 3 is 2.93 bits per heavy atom. The lowest BCUT2D eigenvalue weighted by Gasteiger charge is -2.04. The molecular weight excluding hydrogens is 192 g/mol. The van der Waals surface area contributed by atoms with Crippen molar-refractivity contribution in [3.05, 3.63) is 24.2 Å². The maximum atomic E-state index is 5.68. The molecular formula is C9H14N6. The minimum atomic E-state index is 0.526. The van der Waals surface area contributed by atoms with Crippen molar-refractivity contribution >= 4 is 5.82 Å². The molecule has 0 saturated heterocycles. The van der Waals surface area contributed by atoms with Crippen LogP contribution in [0.25, 0.3) is 0 Å². The molecule has 0 saturated carbocycles. The van der Waals surface area contributed by atoms with E-state index in [4.69, 9.17) is 5.73 Å². The molecule has 2 aromatic heterocycles. The van der Waals surface area contributed by atoms with Crippen molar-refractivity contribution in [2.45, 2.75) is 26.4 Å². The van der Waals surface area contributed by atoms with E-state index in [2.05, 4.69) is 15.4 Å². The molecule has 6 nitrogen and oxygen atoms in total. The van der Waals surface area contributed by atoms with Crippen molar-refractivity contribution in [2.75, 3.05) is 5.73 Å². The molecule has 0 spiro atoms. The zero-order valence-corrected chi connectivity index (χ0v) is 8.67. The van der Waals surface area contributed by atoms with Crippen molar-refractivity contribution in [3.8, 4) is 0 Å². The predicted octanol–water partition coefficient (Wildman–Crippen LogP) is 0.319. The molecule has 0 unspecified atom stereocenters. The summed E-state index contributed by atoms with van der Waals surface area (Å²) in [4.78, 5) is 0. The number of nitrogens with zero attached hydrogens (tertiary/aromatic N) is 5. The summed E-state index contributed by atoms with van der Waals surface area (Å²) in [6.07, 6.45) is 4.53. The highest BCUT2D eigenvalue weighted by molar-refractivity contribution is 5.32. The standard InChI is InChI=1S/C9H14N6/c1-2-8-9(10)12-13-15(8)7-6-14-5-3-4-11-14/h3-5H,2,6-7,10H2,1H3. The van der Waals surface area contributed by atoms with Gasteiger partial charge >= 0.3 is 0 Å². The number of aromatic nitrogens is 5. The second kappa shape index (κ2) is 4.12. The first-order valence-corrected chi connectivity index (χ1v) is 4.96. The van der Waals surface area contributed by atoms with Crippen LogP contribution < -0.4 is 5.73 Å². The van der Waals surface area contributed by atoms with Gasteiger partial charge < -0.3 is 5.73 Å². The molecule has 0 aromatic carbocycles. The van der Waals surface area contributed by atoms with E-state index in [1.165, 1.54) is 0 Å². The molecule has 0 radical (unpaired) electrons. The van der Waals surface area contributed by atoms with Crippen molar-refractivity contribution in [1.82, 2.24) is 24.8 Å². The molecule has 0 amide bonds. The Labute approximate surface area is 87.7 Å². The Bertz CT molecular complexity index is 416. The summed E-state index contributed by atoms with van der Waals surface area (Å²) in [6, 6.07) is 1.90. The normalized spacial score (nSPS) is 10.7. The van der Waals surface area contributed by atoms with Crippen LogP contribution in [0, 0.1) is 0 Å². The van der Waals surface area contributed by atoms with E-state index in [1.807, 2.05) is 28.6 Å². The Morgan fingerprint density at radius 1 is 1.40 bits per heavy atom. The van der Waals surface area contributed by atoms with E-state index >= 15 is 0 Å². The summed E-state index contributed by atoms with van der Waals surface area (Å²) < 4.78 is 3.69. The highest BCUT2D eigenvalue weighted by atomic mass is 15.4. The van der Waals surface area contributed by atoms with Crippen LogP contribution in [0.15, 0.2) is 18.5 Å². The van der Waals surface area contributed by atoms with Crippen LogP contribution in [0.5, 0.6) is 0 Å². The Balaban J connectivity index is 2.05. The third-order valence-electron chi connectivity index (χ3n) is 2.30.